The van der Waals surface area contributed by atoms with Gasteiger partial charge in [0.2, 0.25) is 5.91 Å². The lowest BCUT2D eigenvalue weighted by Crippen LogP contribution is -2.28. The lowest BCUT2D eigenvalue weighted by Gasteiger charge is -2.21. The van der Waals surface area contributed by atoms with Crippen LogP contribution in [-0.2, 0) is 4.79 Å². The molecule has 0 saturated heterocycles. The number of benzene rings is 1. The number of aromatic nitrogens is 2. The maximum absolute atomic E-state index is 12.2. The van der Waals surface area contributed by atoms with Crippen molar-refractivity contribution in [1.29, 1.82) is 0 Å². The number of nitrogens with one attached hydrogen (secondary N) is 1. The van der Waals surface area contributed by atoms with Crippen molar-refractivity contribution in [2.24, 2.45) is 0 Å². The molecule has 7 heteroatoms. The number of rotatable bonds is 1. The standard InChI is InChI=1S/C13H9ClN4O2/c14-5-11(19)18-10-4-2-1-3-9(10)17-13(20)8-6-15-7-16-12(8)18/h1-4,6-7H,5H2,(H,17,20). The highest BCUT2D eigenvalue weighted by Gasteiger charge is 2.29. The van der Waals surface area contributed by atoms with Crippen molar-refractivity contribution < 1.29 is 9.59 Å². The summed E-state index contributed by atoms with van der Waals surface area (Å²) in [6.07, 6.45) is 2.66. The third-order valence-electron chi connectivity index (χ3n) is 2.90. The van der Waals surface area contributed by atoms with Crippen molar-refractivity contribution in [3.05, 3.63) is 42.4 Å². The summed E-state index contributed by atoms with van der Waals surface area (Å²) in [7, 11) is 0. The first-order chi connectivity index (χ1) is 9.72. The number of fused-ring (bicyclic) bond motifs is 2. The zero-order chi connectivity index (χ0) is 14.1. The van der Waals surface area contributed by atoms with Gasteiger partial charge in [0.15, 0.2) is 5.82 Å². The Morgan fingerprint density at radius 1 is 1.35 bits per heavy atom. The maximum atomic E-state index is 12.2. The van der Waals surface area contributed by atoms with Crippen molar-refractivity contribution in [2.75, 3.05) is 16.1 Å². The molecule has 100 valence electrons. The normalized spacial score (nSPS) is 13.1. The first-order valence-corrected chi connectivity index (χ1v) is 6.35. The molecule has 1 aromatic carbocycles. The average Bonchev–Trinajstić information content (AvgIpc) is 2.61. The second kappa shape index (κ2) is 4.90. The Labute approximate surface area is 119 Å². The molecule has 0 unspecified atom stereocenters. The molecule has 2 aromatic rings. The molecule has 0 aliphatic carbocycles. The third kappa shape index (κ3) is 1.90. The van der Waals surface area contributed by atoms with Gasteiger partial charge in [0, 0.05) is 6.20 Å². The van der Waals surface area contributed by atoms with E-state index in [1.54, 1.807) is 24.3 Å². The minimum atomic E-state index is -0.365. The van der Waals surface area contributed by atoms with Gasteiger partial charge in [0.05, 0.1) is 11.4 Å². The van der Waals surface area contributed by atoms with Crippen LogP contribution in [0.2, 0.25) is 0 Å². The summed E-state index contributed by atoms with van der Waals surface area (Å²) in [5.74, 6) is -0.715. The third-order valence-corrected chi connectivity index (χ3v) is 3.13. The summed E-state index contributed by atoms with van der Waals surface area (Å²) in [4.78, 5) is 33.5. The predicted octanol–water partition coefficient (Wildman–Crippen LogP) is 1.95. The number of hydrogen-bond acceptors (Lipinski definition) is 4. The Bertz CT molecular complexity index is 704. The molecule has 1 N–H and O–H groups in total. The van der Waals surface area contributed by atoms with E-state index in [2.05, 4.69) is 15.3 Å². The minimum Gasteiger partial charge on any atom is -0.320 e. The van der Waals surface area contributed by atoms with Crippen LogP contribution in [-0.4, -0.2) is 27.7 Å². The number of hydrogen-bond donors (Lipinski definition) is 1. The van der Waals surface area contributed by atoms with E-state index in [1.165, 1.54) is 17.4 Å². The Balaban J connectivity index is 2.29. The summed E-state index contributed by atoms with van der Waals surface area (Å²) in [6.45, 7) is 0. The lowest BCUT2D eigenvalue weighted by molar-refractivity contribution is -0.115. The minimum absolute atomic E-state index is 0.216. The van der Waals surface area contributed by atoms with Crippen LogP contribution in [0.4, 0.5) is 17.2 Å². The van der Waals surface area contributed by atoms with E-state index in [1.807, 2.05) is 0 Å². The molecule has 0 atom stereocenters. The van der Waals surface area contributed by atoms with Crippen LogP contribution in [0.15, 0.2) is 36.8 Å². The molecule has 0 spiro atoms. The number of carbonyl (C=O) groups is 2. The van der Waals surface area contributed by atoms with Crippen LogP contribution in [0.3, 0.4) is 0 Å². The van der Waals surface area contributed by atoms with Crippen LogP contribution < -0.4 is 10.2 Å². The Kier molecular flexibility index (Phi) is 3.08. The summed E-state index contributed by atoms with van der Waals surface area (Å²) in [5.41, 5.74) is 1.28. The van der Waals surface area contributed by atoms with Gasteiger partial charge < -0.3 is 5.32 Å². The van der Waals surface area contributed by atoms with Gasteiger partial charge >= 0.3 is 0 Å². The largest absolute Gasteiger partial charge is 0.320 e. The van der Waals surface area contributed by atoms with Crippen LogP contribution in [0.1, 0.15) is 10.4 Å². The summed E-state index contributed by atoms with van der Waals surface area (Å²) >= 11 is 5.67. The lowest BCUT2D eigenvalue weighted by atomic mass is 10.2. The number of amides is 2. The highest BCUT2D eigenvalue weighted by molar-refractivity contribution is 6.31. The van der Waals surface area contributed by atoms with Crippen LogP contribution in [0.25, 0.3) is 0 Å². The fourth-order valence-electron chi connectivity index (χ4n) is 2.05. The molecule has 1 aliphatic rings. The molecule has 20 heavy (non-hydrogen) atoms. The fourth-order valence-corrected chi connectivity index (χ4v) is 2.17. The van der Waals surface area contributed by atoms with Gasteiger partial charge in [-0.2, -0.15) is 0 Å². The summed E-state index contributed by atoms with van der Waals surface area (Å²) in [5, 5.41) is 2.73. The van der Waals surface area contributed by atoms with Gasteiger partial charge in [-0.15, -0.1) is 11.6 Å². The average molecular weight is 289 g/mol. The highest BCUT2D eigenvalue weighted by atomic mass is 35.5. The Hall–Kier alpha value is -2.47. The van der Waals surface area contributed by atoms with Crippen molar-refractivity contribution in [2.45, 2.75) is 0 Å². The molecule has 0 radical (unpaired) electrons. The highest BCUT2D eigenvalue weighted by Crippen LogP contribution is 2.36. The second-order valence-electron chi connectivity index (χ2n) is 4.09. The van der Waals surface area contributed by atoms with Crippen LogP contribution in [0.5, 0.6) is 0 Å². The first kappa shape index (κ1) is 12.6. The van der Waals surface area contributed by atoms with Crippen molar-refractivity contribution in [3.63, 3.8) is 0 Å². The number of para-hydroxylation sites is 2. The van der Waals surface area contributed by atoms with E-state index in [9.17, 15) is 9.59 Å². The van der Waals surface area contributed by atoms with Crippen molar-refractivity contribution in [1.82, 2.24) is 9.97 Å². The molecule has 0 saturated carbocycles. The zero-order valence-electron chi connectivity index (χ0n) is 10.2. The number of anilines is 3. The van der Waals surface area contributed by atoms with Crippen LogP contribution >= 0.6 is 11.6 Å². The molecule has 2 amide bonds. The summed E-state index contributed by atoms with van der Waals surface area (Å²) < 4.78 is 0. The molecule has 0 bridgehead atoms. The van der Waals surface area contributed by atoms with E-state index < -0.39 is 0 Å². The molecule has 1 aliphatic heterocycles. The molecular formula is C13H9ClN4O2. The number of alkyl halides is 1. The first-order valence-electron chi connectivity index (χ1n) is 5.81. The van der Waals surface area contributed by atoms with Crippen molar-refractivity contribution in [3.8, 4) is 0 Å². The van der Waals surface area contributed by atoms with Gasteiger partial charge in [-0.25, -0.2) is 9.97 Å². The Morgan fingerprint density at radius 3 is 2.95 bits per heavy atom. The van der Waals surface area contributed by atoms with Gasteiger partial charge in [-0.3, -0.25) is 14.5 Å². The van der Waals surface area contributed by atoms with Gasteiger partial charge in [-0.05, 0) is 12.1 Å². The SMILES string of the molecule is O=C1Nc2ccccc2N(C(=O)CCl)c2ncncc21. The van der Waals surface area contributed by atoms with E-state index in [0.717, 1.165) is 0 Å². The van der Waals surface area contributed by atoms with Gasteiger partial charge in [0.25, 0.3) is 5.91 Å². The molecule has 3 rings (SSSR count). The monoisotopic (exact) mass is 288 g/mol. The smallest absolute Gasteiger partial charge is 0.261 e. The van der Waals surface area contributed by atoms with E-state index in [4.69, 9.17) is 11.6 Å². The molecule has 6 nitrogen and oxygen atoms in total. The quantitative estimate of drug-likeness (QED) is 0.814. The number of carbonyl (C=O) groups excluding carboxylic acids is 2. The molecular weight excluding hydrogens is 280 g/mol. The molecule has 2 heterocycles. The van der Waals surface area contributed by atoms with E-state index in [0.29, 0.717) is 11.4 Å². The zero-order valence-corrected chi connectivity index (χ0v) is 11.0. The topological polar surface area (TPSA) is 75.2 Å². The fraction of sp³-hybridized carbons (Fsp3) is 0.0769. The Morgan fingerprint density at radius 2 is 2.15 bits per heavy atom. The molecule has 1 aromatic heterocycles. The molecule has 0 fully saturated rings. The van der Waals surface area contributed by atoms with Crippen LogP contribution in [0, 0.1) is 0 Å². The van der Waals surface area contributed by atoms with Gasteiger partial charge in [0.1, 0.15) is 17.8 Å². The number of halogens is 1. The maximum Gasteiger partial charge on any atom is 0.261 e. The van der Waals surface area contributed by atoms with Crippen molar-refractivity contribution >= 4 is 40.6 Å². The summed E-state index contributed by atoms with van der Waals surface area (Å²) in [6, 6.07) is 6.97. The second-order valence-corrected chi connectivity index (χ2v) is 4.36. The van der Waals surface area contributed by atoms with Gasteiger partial charge in [-0.1, -0.05) is 12.1 Å². The van der Waals surface area contributed by atoms with E-state index >= 15 is 0 Å². The van der Waals surface area contributed by atoms with E-state index in [-0.39, 0.29) is 29.1 Å². The predicted molar refractivity (Wildman–Crippen MR) is 74.3 cm³/mol. The number of nitrogens with zero attached hydrogens (tertiary/aromatic N) is 3.